The van der Waals surface area contributed by atoms with Crippen molar-refractivity contribution in [3.63, 3.8) is 0 Å². The average Bonchev–Trinajstić information content (AvgIpc) is 3.11. The number of halogens is 3. The summed E-state index contributed by atoms with van der Waals surface area (Å²) in [5, 5.41) is 4.43. The number of carbonyl (C=O) groups excluding carboxylic acids is 1. The number of aromatic nitrogens is 4. The summed E-state index contributed by atoms with van der Waals surface area (Å²) in [4.78, 5) is 24.8. The zero-order valence-electron chi connectivity index (χ0n) is 17.1. The van der Waals surface area contributed by atoms with E-state index in [0.29, 0.717) is 37.8 Å². The summed E-state index contributed by atoms with van der Waals surface area (Å²) < 4.78 is 41.5. The number of carbonyl (C=O) groups is 1. The van der Waals surface area contributed by atoms with Gasteiger partial charge in [-0.05, 0) is 32.0 Å². The molecule has 162 valence electrons. The van der Waals surface area contributed by atoms with E-state index in [1.807, 2.05) is 30.9 Å². The summed E-state index contributed by atoms with van der Waals surface area (Å²) in [7, 11) is 0. The van der Waals surface area contributed by atoms with Crippen LogP contribution in [0, 0.1) is 13.8 Å². The van der Waals surface area contributed by atoms with Crippen LogP contribution in [-0.2, 0) is 6.18 Å². The van der Waals surface area contributed by atoms with E-state index in [0.717, 1.165) is 17.5 Å². The van der Waals surface area contributed by atoms with Crippen LogP contribution in [0.2, 0.25) is 0 Å². The molecule has 1 aliphatic rings. The molecule has 1 fully saturated rings. The number of rotatable bonds is 3. The smallest absolute Gasteiger partial charge is 0.353 e. The Morgan fingerprint density at radius 3 is 2.29 bits per heavy atom. The number of amides is 1. The molecule has 7 nitrogen and oxygen atoms in total. The van der Waals surface area contributed by atoms with Crippen LogP contribution in [-0.4, -0.2) is 56.7 Å². The topological polar surface area (TPSA) is 67.2 Å². The summed E-state index contributed by atoms with van der Waals surface area (Å²) >= 11 is 0. The predicted octanol–water partition coefficient (Wildman–Crippen LogP) is 3.26. The molecule has 1 aliphatic heterocycles. The third kappa shape index (κ3) is 4.23. The molecule has 0 unspecified atom stereocenters. The molecule has 0 bridgehead atoms. The first-order chi connectivity index (χ1) is 14.7. The van der Waals surface area contributed by atoms with Crippen molar-refractivity contribution in [3.8, 4) is 5.82 Å². The fourth-order valence-electron chi connectivity index (χ4n) is 3.71. The van der Waals surface area contributed by atoms with E-state index in [1.54, 1.807) is 4.68 Å². The lowest BCUT2D eigenvalue weighted by Crippen LogP contribution is -2.49. The lowest BCUT2D eigenvalue weighted by atomic mass is 10.1. The van der Waals surface area contributed by atoms with Crippen LogP contribution in [0.25, 0.3) is 5.82 Å². The van der Waals surface area contributed by atoms with E-state index in [4.69, 9.17) is 0 Å². The second-order valence-electron chi connectivity index (χ2n) is 7.40. The van der Waals surface area contributed by atoms with Gasteiger partial charge in [-0.2, -0.15) is 18.3 Å². The number of aryl methyl sites for hydroxylation is 2. The van der Waals surface area contributed by atoms with Gasteiger partial charge in [0.05, 0.1) is 16.8 Å². The van der Waals surface area contributed by atoms with E-state index in [1.165, 1.54) is 29.4 Å². The quantitative estimate of drug-likeness (QED) is 0.638. The second kappa shape index (κ2) is 8.01. The molecule has 1 aromatic carbocycles. The van der Waals surface area contributed by atoms with Gasteiger partial charge in [0.15, 0.2) is 5.82 Å². The zero-order chi connectivity index (χ0) is 22.2. The molecular weight excluding hydrogens is 409 g/mol. The van der Waals surface area contributed by atoms with Crippen molar-refractivity contribution >= 4 is 11.7 Å². The Balaban J connectivity index is 1.48. The monoisotopic (exact) mass is 430 g/mol. The zero-order valence-corrected chi connectivity index (χ0v) is 17.1. The molecule has 0 radical (unpaired) electrons. The Morgan fingerprint density at radius 2 is 1.65 bits per heavy atom. The van der Waals surface area contributed by atoms with E-state index >= 15 is 0 Å². The molecule has 2 aromatic heterocycles. The number of piperazine rings is 1. The van der Waals surface area contributed by atoms with Crippen molar-refractivity contribution in [1.29, 1.82) is 0 Å². The molecule has 0 aliphatic carbocycles. The van der Waals surface area contributed by atoms with Crippen molar-refractivity contribution in [2.45, 2.75) is 20.0 Å². The molecule has 0 spiro atoms. The molecule has 0 N–H and O–H groups in total. The standard InChI is InChI=1S/C21H21F3N6O/c1-14-11-15(2)30(27-14)19-12-18(25-13-26-19)28-7-9-29(10-8-28)20(31)16-5-3-4-6-17(16)21(22,23)24/h3-6,11-13H,7-10H2,1-2H3. The normalized spacial score (nSPS) is 14.7. The minimum absolute atomic E-state index is 0.296. The lowest BCUT2D eigenvalue weighted by Gasteiger charge is -2.35. The number of nitrogens with zero attached hydrogens (tertiary/aromatic N) is 6. The minimum atomic E-state index is -4.57. The number of hydrogen-bond donors (Lipinski definition) is 0. The molecule has 4 rings (SSSR count). The summed E-state index contributed by atoms with van der Waals surface area (Å²) in [6.07, 6.45) is -3.12. The van der Waals surface area contributed by atoms with E-state index < -0.39 is 17.6 Å². The molecule has 0 atom stereocenters. The molecule has 3 aromatic rings. The highest BCUT2D eigenvalue weighted by atomic mass is 19.4. The Bertz CT molecular complexity index is 1100. The van der Waals surface area contributed by atoms with Crippen LogP contribution in [0.1, 0.15) is 27.3 Å². The molecule has 1 saturated heterocycles. The maximum absolute atomic E-state index is 13.3. The van der Waals surface area contributed by atoms with Gasteiger partial charge in [0.2, 0.25) is 0 Å². The van der Waals surface area contributed by atoms with Crippen molar-refractivity contribution in [2.24, 2.45) is 0 Å². The fourth-order valence-corrected chi connectivity index (χ4v) is 3.71. The molecular formula is C21H21F3N6O. The van der Waals surface area contributed by atoms with Crippen LogP contribution >= 0.6 is 0 Å². The van der Waals surface area contributed by atoms with E-state index in [2.05, 4.69) is 15.1 Å². The molecule has 0 saturated carbocycles. The Labute approximate surface area is 177 Å². The maximum atomic E-state index is 13.3. The fraction of sp³-hybridized carbons (Fsp3) is 0.333. The Hall–Kier alpha value is -3.43. The van der Waals surface area contributed by atoms with Crippen molar-refractivity contribution in [2.75, 3.05) is 31.1 Å². The van der Waals surface area contributed by atoms with Gasteiger partial charge in [-0.15, -0.1) is 0 Å². The third-order valence-corrected chi connectivity index (χ3v) is 5.22. The van der Waals surface area contributed by atoms with Gasteiger partial charge in [-0.1, -0.05) is 12.1 Å². The number of benzene rings is 1. The Kier molecular flexibility index (Phi) is 5.38. The van der Waals surface area contributed by atoms with Crippen LogP contribution in [0.5, 0.6) is 0 Å². The highest BCUT2D eigenvalue weighted by Crippen LogP contribution is 2.32. The number of anilines is 1. The van der Waals surface area contributed by atoms with E-state index in [9.17, 15) is 18.0 Å². The first-order valence-corrected chi connectivity index (χ1v) is 9.80. The van der Waals surface area contributed by atoms with Crippen LogP contribution in [0.3, 0.4) is 0 Å². The van der Waals surface area contributed by atoms with Crippen molar-refractivity contribution in [3.05, 3.63) is 65.2 Å². The summed E-state index contributed by atoms with van der Waals surface area (Å²) in [5.41, 5.74) is 0.592. The predicted molar refractivity (Wildman–Crippen MR) is 108 cm³/mol. The second-order valence-corrected chi connectivity index (χ2v) is 7.40. The number of alkyl halides is 3. The van der Waals surface area contributed by atoms with Crippen LogP contribution in [0.4, 0.5) is 19.0 Å². The van der Waals surface area contributed by atoms with Crippen LogP contribution < -0.4 is 4.90 Å². The third-order valence-electron chi connectivity index (χ3n) is 5.22. The first kappa shape index (κ1) is 20.8. The molecule has 3 heterocycles. The van der Waals surface area contributed by atoms with Gasteiger partial charge in [0, 0.05) is 37.9 Å². The van der Waals surface area contributed by atoms with Gasteiger partial charge < -0.3 is 9.80 Å². The molecule has 31 heavy (non-hydrogen) atoms. The van der Waals surface area contributed by atoms with E-state index in [-0.39, 0.29) is 5.56 Å². The molecule has 1 amide bonds. The average molecular weight is 430 g/mol. The minimum Gasteiger partial charge on any atom is -0.353 e. The molecule has 10 heteroatoms. The number of hydrogen-bond acceptors (Lipinski definition) is 5. The highest BCUT2D eigenvalue weighted by molar-refractivity contribution is 5.96. The summed E-state index contributed by atoms with van der Waals surface area (Å²) in [5.74, 6) is 0.701. The first-order valence-electron chi connectivity index (χ1n) is 9.80. The van der Waals surface area contributed by atoms with Crippen molar-refractivity contribution in [1.82, 2.24) is 24.6 Å². The van der Waals surface area contributed by atoms with Gasteiger partial charge >= 0.3 is 6.18 Å². The van der Waals surface area contributed by atoms with Gasteiger partial charge in [0.25, 0.3) is 5.91 Å². The van der Waals surface area contributed by atoms with Gasteiger partial charge in [-0.3, -0.25) is 4.79 Å². The van der Waals surface area contributed by atoms with Crippen LogP contribution in [0.15, 0.2) is 42.7 Å². The summed E-state index contributed by atoms with van der Waals surface area (Å²) in [6.45, 7) is 5.33. The highest BCUT2D eigenvalue weighted by Gasteiger charge is 2.36. The summed E-state index contributed by atoms with van der Waals surface area (Å²) in [6, 6.07) is 8.65. The largest absolute Gasteiger partial charge is 0.417 e. The lowest BCUT2D eigenvalue weighted by molar-refractivity contribution is -0.138. The Morgan fingerprint density at radius 1 is 0.968 bits per heavy atom. The van der Waals surface area contributed by atoms with Gasteiger partial charge in [0.1, 0.15) is 12.1 Å². The maximum Gasteiger partial charge on any atom is 0.417 e. The van der Waals surface area contributed by atoms with Gasteiger partial charge in [-0.25, -0.2) is 14.6 Å². The van der Waals surface area contributed by atoms with Crippen molar-refractivity contribution < 1.29 is 18.0 Å². The SMILES string of the molecule is Cc1cc(C)n(-c2cc(N3CCN(C(=O)c4ccccc4C(F)(F)F)CC3)ncn2)n1.